The second kappa shape index (κ2) is 9.90. The van der Waals surface area contributed by atoms with Crippen molar-refractivity contribution >= 4 is 11.6 Å². The zero-order valence-electron chi connectivity index (χ0n) is 18.1. The van der Waals surface area contributed by atoms with Crippen molar-refractivity contribution in [3.63, 3.8) is 0 Å². The summed E-state index contributed by atoms with van der Waals surface area (Å²) in [5.74, 6) is 0.0436. The molecule has 2 aromatic carbocycles. The molecule has 1 aliphatic rings. The molecule has 1 heterocycles. The maximum atomic E-state index is 12.6. The molecule has 29 heavy (non-hydrogen) atoms. The fourth-order valence-electron chi connectivity index (χ4n) is 3.75. The molecule has 5 nitrogen and oxygen atoms in total. The van der Waals surface area contributed by atoms with Gasteiger partial charge in [-0.15, -0.1) is 0 Å². The van der Waals surface area contributed by atoms with Crippen molar-refractivity contribution < 1.29 is 9.53 Å². The molecule has 0 bridgehead atoms. The number of anilines is 1. The summed E-state index contributed by atoms with van der Waals surface area (Å²) in [4.78, 5) is 17.0. The highest BCUT2D eigenvalue weighted by Gasteiger charge is 2.17. The van der Waals surface area contributed by atoms with Gasteiger partial charge in [0.2, 0.25) is 5.91 Å². The number of morpholine rings is 1. The van der Waals surface area contributed by atoms with Crippen LogP contribution < -0.4 is 10.2 Å². The van der Waals surface area contributed by atoms with Gasteiger partial charge in [-0.1, -0.05) is 36.4 Å². The van der Waals surface area contributed by atoms with E-state index in [1.807, 2.05) is 14.0 Å². The van der Waals surface area contributed by atoms with E-state index in [9.17, 15) is 4.79 Å². The summed E-state index contributed by atoms with van der Waals surface area (Å²) in [5, 5.41) is 3.13. The number of carbonyl (C=O) groups is 1. The Balaban J connectivity index is 1.57. The van der Waals surface area contributed by atoms with Crippen molar-refractivity contribution in [2.45, 2.75) is 33.4 Å². The summed E-state index contributed by atoms with van der Waals surface area (Å²) in [6, 6.07) is 14.8. The van der Waals surface area contributed by atoms with Crippen LogP contribution >= 0.6 is 0 Å². The first-order valence-corrected chi connectivity index (χ1v) is 10.4. The van der Waals surface area contributed by atoms with Crippen molar-refractivity contribution in [3.05, 3.63) is 64.7 Å². The van der Waals surface area contributed by atoms with E-state index in [1.54, 1.807) is 0 Å². The first-order chi connectivity index (χ1) is 13.9. The van der Waals surface area contributed by atoms with E-state index in [0.29, 0.717) is 6.54 Å². The van der Waals surface area contributed by atoms with Crippen molar-refractivity contribution in [2.75, 3.05) is 44.8 Å². The van der Waals surface area contributed by atoms with Gasteiger partial charge < -0.3 is 15.0 Å². The van der Waals surface area contributed by atoms with E-state index in [-0.39, 0.29) is 11.9 Å². The predicted molar refractivity (Wildman–Crippen MR) is 118 cm³/mol. The highest BCUT2D eigenvalue weighted by Crippen LogP contribution is 2.23. The van der Waals surface area contributed by atoms with E-state index in [0.717, 1.165) is 38.4 Å². The van der Waals surface area contributed by atoms with Crippen LogP contribution in [-0.4, -0.2) is 50.7 Å². The van der Waals surface area contributed by atoms with Crippen LogP contribution in [0.4, 0.5) is 5.69 Å². The number of nitrogens with one attached hydrogen (secondary N) is 1. The third-order valence-electron chi connectivity index (χ3n) is 5.61. The van der Waals surface area contributed by atoms with Gasteiger partial charge in [-0.3, -0.25) is 9.69 Å². The second-order valence-corrected chi connectivity index (χ2v) is 8.03. The summed E-state index contributed by atoms with van der Waals surface area (Å²) in [6.45, 7) is 10.7. The van der Waals surface area contributed by atoms with Gasteiger partial charge in [-0.25, -0.2) is 0 Å². The molecule has 1 fully saturated rings. The third kappa shape index (κ3) is 5.81. The van der Waals surface area contributed by atoms with Gasteiger partial charge in [0.05, 0.1) is 25.8 Å². The second-order valence-electron chi connectivity index (χ2n) is 8.03. The Morgan fingerprint density at radius 3 is 2.59 bits per heavy atom. The molecule has 156 valence electrons. The third-order valence-corrected chi connectivity index (χ3v) is 5.61. The van der Waals surface area contributed by atoms with Crippen LogP contribution in [0.25, 0.3) is 0 Å². The van der Waals surface area contributed by atoms with Gasteiger partial charge in [0.15, 0.2) is 0 Å². The molecule has 1 unspecified atom stereocenters. The van der Waals surface area contributed by atoms with Crippen molar-refractivity contribution in [1.29, 1.82) is 0 Å². The molecule has 5 heteroatoms. The first-order valence-electron chi connectivity index (χ1n) is 10.4. The fourth-order valence-corrected chi connectivity index (χ4v) is 3.75. The molecule has 1 aliphatic heterocycles. The van der Waals surface area contributed by atoms with Gasteiger partial charge in [0.25, 0.3) is 0 Å². The molecular weight excluding hydrogens is 362 g/mol. The van der Waals surface area contributed by atoms with Crippen LogP contribution in [0, 0.1) is 13.8 Å². The zero-order valence-corrected chi connectivity index (χ0v) is 18.1. The Morgan fingerprint density at radius 2 is 1.86 bits per heavy atom. The van der Waals surface area contributed by atoms with Gasteiger partial charge in [0.1, 0.15) is 0 Å². The predicted octanol–water partition coefficient (Wildman–Crippen LogP) is 3.45. The van der Waals surface area contributed by atoms with Crippen LogP contribution in [0.2, 0.25) is 0 Å². The van der Waals surface area contributed by atoms with Crippen LogP contribution in [0.1, 0.15) is 35.2 Å². The van der Waals surface area contributed by atoms with Crippen LogP contribution in [0.15, 0.2) is 42.5 Å². The van der Waals surface area contributed by atoms with Gasteiger partial charge in [-0.05, 0) is 56.1 Å². The molecular formula is C24H33N3O2. The molecule has 0 aromatic heterocycles. The number of aryl methyl sites for hydroxylation is 2. The smallest absolute Gasteiger partial charge is 0.234 e. The number of hydrogen-bond donors (Lipinski definition) is 1. The maximum Gasteiger partial charge on any atom is 0.234 e. The minimum absolute atomic E-state index is 0.00386. The van der Waals surface area contributed by atoms with Crippen molar-refractivity contribution in [1.82, 2.24) is 10.2 Å². The maximum absolute atomic E-state index is 12.6. The Morgan fingerprint density at radius 1 is 1.14 bits per heavy atom. The molecule has 1 saturated heterocycles. The monoisotopic (exact) mass is 395 g/mol. The fraction of sp³-hybridized carbons (Fsp3) is 0.458. The number of hydrogen-bond acceptors (Lipinski definition) is 4. The number of likely N-dealkylation sites (N-methyl/N-ethyl adjacent to an activating group) is 1. The van der Waals surface area contributed by atoms with E-state index < -0.39 is 0 Å². The Kier molecular flexibility index (Phi) is 7.29. The molecule has 0 saturated carbocycles. The largest absolute Gasteiger partial charge is 0.378 e. The standard InChI is InChI=1S/C24H33N3O2/c1-18-9-10-21(15-19(18)2)20(3)25-24(28)17-26(4)16-22-7-5-6-8-23(22)27-11-13-29-14-12-27/h5-10,15,20H,11-14,16-17H2,1-4H3,(H,25,28). The lowest BCUT2D eigenvalue weighted by Gasteiger charge is -2.31. The number of ether oxygens (including phenoxy) is 1. The highest BCUT2D eigenvalue weighted by atomic mass is 16.5. The average Bonchev–Trinajstić information content (AvgIpc) is 2.70. The molecule has 2 aromatic rings. The number of amides is 1. The molecule has 1 N–H and O–H groups in total. The van der Waals surface area contributed by atoms with E-state index in [4.69, 9.17) is 4.74 Å². The molecule has 1 atom stereocenters. The summed E-state index contributed by atoms with van der Waals surface area (Å²) >= 11 is 0. The molecule has 0 aliphatic carbocycles. The van der Waals surface area contributed by atoms with E-state index in [1.165, 1.54) is 22.4 Å². The quantitative estimate of drug-likeness (QED) is 0.780. The Labute approximate surface area is 174 Å². The minimum atomic E-state index is -0.00386. The Hall–Kier alpha value is -2.37. The van der Waals surface area contributed by atoms with E-state index >= 15 is 0 Å². The highest BCUT2D eigenvalue weighted by molar-refractivity contribution is 5.78. The normalized spacial score (nSPS) is 15.4. The minimum Gasteiger partial charge on any atom is -0.378 e. The summed E-state index contributed by atoms with van der Waals surface area (Å²) < 4.78 is 5.48. The summed E-state index contributed by atoms with van der Waals surface area (Å²) in [7, 11) is 2.00. The number of para-hydroxylation sites is 1. The molecule has 3 rings (SSSR count). The van der Waals surface area contributed by atoms with E-state index in [2.05, 4.69) is 71.4 Å². The van der Waals surface area contributed by atoms with Gasteiger partial charge >= 0.3 is 0 Å². The zero-order chi connectivity index (χ0) is 20.8. The molecule has 1 amide bonds. The number of rotatable bonds is 7. The van der Waals surface area contributed by atoms with Crippen molar-refractivity contribution in [2.24, 2.45) is 0 Å². The van der Waals surface area contributed by atoms with Crippen LogP contribution in [0.3, 0.4) is 0 Å². The summed E-state index contributed by atoms with van der Waals surface area (Å²) in [5.41, 5.74) is 6.15. The van der Waals surface area contributed by atoms with Crippen molar-refractivity contribution in [3.8, 4) is 0 Å². The number of nitrogens with zero attached hydrogens (tertiary/aromatic N) is 2. The number of benzene rings is 2. The SMILES string of the molecule is Cc1ccc(C(C)NC(=O)CN(C)Cc2ccccc2N2CCOCC2)cc1C. The average molecular weight is 396 g/mol. The topological polar surface area (TPSA) is 44.8 Å². The van der Waals surface area contributed by atoms with Crippen LogP contribution in [-0.2, 0) is 16.1 Å². The number of carbonyl (C=O) groups excluding carboxylic acids is 1. The lowest BCUT2D eigenvalue weighted by molar-refractivity contribution is -0.122. The lowest BCUT2D eigenvalue weighted by atomic mass is 10.0. The molecule has 0 radical (unpaired) electrons. The van der Waals surface area contributed by atoms with Gasteiger partial charge in [0, 0.05) is 25.3 Å². The van der Waals surface area contributed by atoms with Gasteiger partial charge in [-0.2, -0.15) is 0 Å². The Bertz CT molecular complexity index is 831. The summed E-state index contributed by atoms with van der Waals surface area (Å²) in [6.07, 6.45) is 0. The lowest BCUT2D eigenvalue weighted by Crippen LogP contribution is -2.38. The van der Waals surface area contributed by atoms with Crippen LogP contribution in [0.5, 0.6) is 0 Å². The molecule has 0 spiro atoms. The first kappa shape index (κ1) is 21.3.